The van der Waals surface area contributed by atoms with Gasteiger partial charge in [-0.15, -0.1) is 0 Å². The highest BCUT2D eigenvalue weighted by molar-refractivity contribution is 5.80. The van der Waals surface area contributed by atoms with E-state index in [4.69, 9.17) is 5.73 Å². The maximum atomic E-state index is 11.4. The van der Waals surface area contributed by atoms with Crippen molar-refractivity contribution in [2.24, 2.45) is 0 Å². The van der Waals surface area contributed by atoms with Crippen molar-refractivity contribution >= 4 is 17.7 Å². The van der Waals surface area contributed by atoms with Crippen molar-refractivity contribution in [3.8, 4) is 0 Å². The molecule has 0 radical (unpaired) electrons. The standard InChI is InChI=1S/C10H15N5O/c1-6-4-8(15-10(11)13-6)12-5-9(16)14-7-2-3-7/h4,7H,2-3,5H2,1H3,(H,14,16)(H3,11,12,13,15). The zero-order valence-corrected chi connectivity index (χ0v) is 9.16. The van der Waals surface area contributed by atoms with E-state index in [0.717, 1.165) is 18.5 Å². The van der Waals surface area contributed by atoms with Crippen LogP contribution in [-0.2, 0) is 4.79 Å². The number of anilines is 2. The number of hydrogen-bond donors (Lipinski definition) is 3. The molecule has 0 bridgehead atoms. The average Bonchev–Trinajstić information content (AvgIpc) is 2.97. The quantitative estimate of drug-likeness (QED) is 0.668. The molecule has 4 N–H and O–H groups in total. The monoisotopic (exact) mass is 221 g/mol. The van der Waals surface area contributed by atoms with E-state index in [2.05, 4.69) is 20.6 Å². The molecule has 1 amide bonds. The van der Waals surface area contributed by atoms with Crippen LogP contribution in [0.4, 0.5) is 11.8 Å². The number of nitrogen functional groups attached to an aromatic ring is 1. The van der Waals surface area contributed by atoms with Gasteiger partial charge in [0.15, 0.2) is 0 Å². The highest BCUT2D eigenvalue weighted by Gasteiger charge is 2.22. The third-order valence-corrected chi connectivity index (χ3v) is 2.24. The minimum Gasteiger partial charge on any atom is -0.368 e. The molecule has 0 atom stereocenters. The van der Waals surface area contributed by atoms with Gasteiger partial charge in [0.1, 0.15) is 5.82 Å². The number of nitrogens with zero attached hydrogens (tertiary/aromatic N) is 2. The zero-order valence-electron chi connectivity index (χ0n) is 9.16. The maximum Gasteiger partial charge on any atom is 0.239 e. The molecule has 16 heavy (non-hydrogen) atoms. The number of aryl methyl sites for hydroxylation is 1. The molecule has 1 aliphatic rings. The Balaban J connectivity index is 1.85. The molecule has 0 saturated heterocycles. The summed E-state index contributed by atoms with van der Waals surface area (Å²) in [5.74, 6) is 0.776. The summed E-state index contributed by atoms with van der Waals surface area (Å²) in [6.07, 6.45) is 2.18. The predicted octanol–water partition coefficient (Wildman–Crippen LogP) is 0.0577. The smallest absolute Gasteiger partial charge is 0.239 e. The minimum atomic E-state index is -0.0164. The largest absolute Gasteiger partial charge is 0.368 e. The number of carbonyl (C=O) groups excluding carboxylic acids is 1. The number of rotatable bonds is 4. The molecule has 2 rings (SSSR count). The van der Waals surface area contributed by atoms with Crippen LogP contribution >= 0.6 is 0 Å². The van der Waals surface area contributed by atoms with Gasteiger partial charge in [-0.2, -0.15) is 4.98 Å². The van der Waals surface area contributed by atoms with Gasteiger partial charge in [-0.25, -0.2) is 4.98 Å². The van der Waals surface area contributed by atoms with Crippen LogP contribution in [-0.4, -0.2) is 28.5 Å². The number of nitrogens with two attached hydrogens (primary N) is 1. The van der Waals surface area contributed by atoms with E-state index in [0.29, 0.717) is 11.9 Å². The van der Waals surface area contributed by atoms with Crippen LogP contribution in [0.15, 0.2) is 6.07 Å². The number of nitrogens with one attached hydrogen (secondary N) is 2. The van der Waals surface area contributed by atoms with Crippen molar-refractivity contribution in [1.29, 1.82) is 0 Å². The molecule has 0 aromatic carbocycles. The van der Waals surface area contributed by atoms with Gasteiger partial charge < -0.3 is 16.4 Å². The van der Waals surface area contributed by atoms with Gasteiger partial charge in [0, 0.05) is 17.8 Å². The molecule has 1 aliphatic carbocycles. The molecule has 0 spiro atoms. The minimum absolute atomic E-state index is 0.0164. The van der Waals surface area contributed by atoms with E-state index in [9.17, 15) is 4.79 Å². The molecule has 1 aromatic heterocycles. The lowest BCUT2D eigenvalue weighted by Crippen LogP contribution is -2.31. The molecule has 1 heterocycles. The highest BCUT2D eigenvalue weighted by Crippen LogP contribution is 2.18. The topological polar surface area (TPSA) is 92.9 Å². The molecule has 1 saturated carbocycles. The molecule has 0 aliphatic heterocycles. The van der Waals surface area contributed by atoms with Crippen molar-refractivity contribution in [3.05, 3.63) is 11.8 Å². The van der Waals surface area contributed by atoms with Crippen LogP contribution in [0.3, 0.4) is 0 Å². The second-order valence-corrected chi connectivity index (χ2v) is 3.95. The van der Waals surface area contributed by atoms with E-state index >= 15 is 0 Å². The summed E-state index contributed by atoms with van der Waals surface area (Å²) in [6, 6.07) is 2.13. The molecule has 0 unspecified atom stereocenters. The molecule has 1 fully saturated rings. The first-order chi connectivity index (χ1) is 7.63. The first-order valence-electron chi connectivity index (χ1n) is 5.28. The first-order valence-corrected chi connectivity index (χ1v) is 5.28. The van der Waals surface area contributed by atoms with E-state index in [1.165, 1.54) is 0 Å². The third-order valence-electron chi connectivity index (χ3n) is 2.24. The number of hydrogen-bond acceptors (Lipinski definition) is 5. The van der Waals surface area contributed by atoms with Gasteiger partial charge in [0.2, 0.25) is 11.9 Å². The highest BCUT2D eigenvalue weighted by atomic mass is 16.2. The van der Waals surface area contributed by atoms with Crippen molar-refractivity contribution in [2.45, 2.75) is 25.8 Å². The lowest BCUT2D eigenvalue weighted by Gasteiger charge is -2.07. The zero-order chi connectivity index (χ0) is 11.5. The summed E-state index contributed by atoms with van der Waals surface area (Å²) in [5.41, 5.74) is 6.27. The van der Waals surface area contributed by atoms with Gasteiger partial charge >= 0.3 is 0 Å². The Hall–Kier alpha value is -1.85. The second-order valence-electron chi connectivity index (χ2n) is 3.95. The fourth-order valence-corrected chi connectivity index (χ4v) is 1.36. The van der Waals surface area contributed by atoms with Crippen LogP contribution in [0.5, 0.6) is 0 Å². The summed E-state index contributed by atoms with van der Waals surface area (Å²) in [4.78, 5) is 19.3. The summed E-state index contributed by atoms with van der Waals surface area (Å²) in [7, 11) is 0. The molecular weight excluding hydrogens is 206 g/mol. The lowest BCUT2D eigenvalue weighted by molar-refractivity contribution is -0.119. The Kier molecular flexibility index (Phi) is 2.89. The van der Waals surface area contributed by atoms with Gasteiger partial charge in [-0.05, 0) is 19.8 Å². The van der Waals surface area contributed by atoms with Gasteiger partial charge in [-0.1, -0.05) is 0 Å². The third kappa shape index (κ3) is 3.08. The van der Waals surface area contributed by atoms with Crippen LogP contribution in [0.2, 0.25) is 0 Å². The Bertz CT molecular complexity index is 382. The normalized spacial score (nSPS) is 14.6. The van der Waals surface area contributed by atoms with Crippen molar-refractivity contribution in [2.75, 3.05) is 17.6 Å². The summed E-state index contributed by atoms with van der Waals surface area (Å²) in [5, 5.41) is 5.79. The van der Waals surface area contributed by atoms with Crippen LogP contribution in [0, 0.1) is 6.92 Å². The summed E-state index contributed by atoms with van der Waals surface area (Å²) in [6.45, 7) is 2.04. The Morgan fingerprint density at radius 3 is 2.94 bits per heavy atom. The predicted molar refractivity (Wildman–Crippen MR) is 60.8 cm³/mol. The van der Waals surface area contributed by atoms with E-state index < -0.39 is 0 Å². The number of amides is 1. The van der Waals surface area contributed by atoms with E-state index in [1.54, 1.807) is 6.07 Å². The van der Waals surface area contributed by atoms with Crippen LogP contribution < -0.4 is 16.4 Å². The number of carbonyl (C=O) groups is 1. The second kappa shape index (κ2) is 4.34. The van der Waals surface area contributed by atoms with Crippen LogP contribution in [0.25, 0.3) is 0 Å². The molecule has 86 valence electrons. The molecule has 6 heteroatoms. The van der Waals surface area contributed by atoms with Crippen molar-refractivity contribution in [1.82, 2.24) is 15.3 Å². The Morgan fingerprint density at radius 1 is 1.56 bits per heavy atom. The SMILES string of the molecule is Cc1cc(NCC(=O)NC2CC2)nc(N)n1. The maximum absolute atomic E-state index is 11.4. The lowest BCUT2D eigenvalue weighted by atomic mass is 10.4. The van der Waals surface area contributed by atoms with Gasteiger partial charge in [0.05, 0.1) is 6.54 Å². The molecular formula is C10H15N5O. The fraction of sp³-hybridized carbons (Fsp3) is 0.500. The van der Waals surface area contributed by atoms with Gasteiger partial charge in [0.25, 0.3) is 0 Å². The Morgan fingerprint density at radius 2 is 2.31 bits per heavy atom. The Labute approximate surface area is 93.7 Å². The van der Waals surface area contributed by atoms with Gasteiger partial charge in [-0.3, -0.25) is 4.79 Å². The fourth-order valence-electron chi connectivity index (χ4n) is 1.36. The van der Waals surface area contributed by atoms with E-state index in [1.807, 2.05) is 6.92 Å². The average molecular weight is 221 g/mol. The number of aromatic nitrogens is 2. The molecule has 1 aromatic rings. The van der Waals surface area contributed by atoms with Crippen LogP contribution in [0.1, 0.15) is 18.5 Å². The summed E-state index contributed by atoms with van der Waals surface area (Å²) < 4.78 is 0. The first kappa shape index (κ1) is 10.7. The van der Waals surface area contributed by atoms with Crippen molar-refractivity contribution in [3.63, 3.8) is 0 Å². The summed E-state index contributed by atoms with van der Waals surface area (Å²) >= 11 is 0. The molecule has 6 nitrogen and oxygen atoms in total. The van der Waals surface area contributed by atoms with E-state index in [-0.39, 0.29) is 18.4 Å². The van der Waals surface area contributed by atoms with Crippen molar-refractivity contribution < 1.29 is 4.79 Å².